The van der Waals surface area contributed by atoms with Crippen LogP contribution in [0.5, 0.6) is 0 Å². The van der Waals surface area contributed by atoms with Gasteiger partial charge in [-0.1, -0.05) is 0 Å². The molecule has 0 amide bonds. The van der Waals surface area contributed by atoms with Gasteiger partial charge in [0.05, 0.1) is 0 Å². The zero-order valence-electron chi connectivity index (χ0n) is 5.28. The summed E-state index contributed by atoms with van der Waals surface area (Å²) in [6, 6.07) is 3.98. The molecular formula is C6H9NOS. The Bertz CT molecular complexity index is 150. The van der Waals surface area contributed by atoms with E-state index in [2.05, 4.69) is 0 Å². The summed E-state index contributed by atoms with van der Waals surface area (Å²) in [4.78, 5) is 0. The molecule has 0 aliphatic rings. The van der Waals surface area contributed by atoms with E-state index < -0.39 is 0 Å². The Labute approximate surface area is 59.0 Å². The smallest absolute Gasteiger partial charge is 0.112 e. The summed E-state index contributed by atoms with van der Waals surface area (Å²) in [6.07, 6.45) is 3.98. The molecule has 0 aliphatic heterocycles. The van der Waals surface area contributed by atoms with Gasteiger partial charge in [-0.3, -0.25) is 3.97 Å². The molecule has 0 fully saturated rings. The van der Waals surface area contributed by atoms with Crippen LogP contribution < -0.4 is 0 Å². The molecule has 0 bridgehead atoms. The highest BCUT2D eigenvalue weighted by molar-refractivity contribution is 7.97. The van der Waals surface area contributed by atoms with Crippen LogP contribution in [0.4, 0.5) is 0 Å². The second-order valence-corrected chi connectivity index (χ2v) is 2.49. The zero-order valence-corrected chi connectivity index (χ0v) is 6.10. The minimum atomic E-state index is 0.703. The van der Waals surface area contributed by atoms with Crippen molar-refractivity contribution >= 4 is 11.9 Å². The van der Waals surface area contributed by atoms with Crippen molar-refractivity contribution in [2.75, 3.05) is 13.0 Å². The zero-order chi connectivity index (χ0) is 6.53. The fourth-order valence-corrected chi connectivity index (χ4v) is 1.06. The minimum absolute atomic E-state index is 0.703. The minimum Gasteiger partial charge on any atom is -0.372 e. The highest BCUT2D eigenvalue weighted by Gasteiger charge is 1.85. The molecule has 1 aromatic rings. The number of hydrogen-bond acceptors (Lipinski definition) is 2. The van der Waals surface area contributed by atoms with Gasteiger partial charge < -0.3 is 4.74 Å². The predicted octanol–water partition coefficient (Wildman–Crippen LogP) is 1.59. The highest BCUT2D eigenvalue weighted by Crippen LogP contribution is 2.04. The molecule has 1 aromatic heterocycles. The Morgan fingerprint density at radius 3 is 2.67 bits per heavy atom. The third-order valence-electron chi connectivity index (χ3n) is 0.897. The number of hydrogen-bond donors (Lipinski definition) is 0. The maximum absolute atomic E-state index is 4.86. The fraction of sp³-hybridized carbons (Fsp3) is 0.333. The number of ether oxygens (including phenoxy) is 1. The van der Waals surface area contributed by atoms with Gasteiger partial charge >= 0.3 is 0 Å². The standard InChI is InChI=1S/C6H9NOS/c1-8-6-9-7-4-2-3-5-7/h2-5H,6H2,1H3. The van der Waals surface area contributed by atoms with Gasteiger partial charge in [0, 0.05) is 19.5 Å². The summed E-state index contributed by atoms with van der Waals surface area (Å²) in [6.45, 7) is 0. The van der Waals surface area contributed by atoms with E-state index in [1.54, 1.807) is 19.1 Å². The molecule has 0 aromatic carbocycles. The molecule has 0 radical (unpaired) electrons. The Morgan fingerprint density at radius 2 is 2.11 bits per heavy atom. The number of nitrogens with zero attached hydrogens (tertiary/aromatic N) is 1. The maximum Gasteiger partial charge on any atom is 0.112 e. The summed E-state index contributed by atoms with van der Waals surface area (Å²) >= 11 is 1.62. The topological polar surface area (TPSA) is 14.2 Å². The van der Waals surface area contributed by atoms with E-state index >= 15 is 0 Å². The van der Waals surface area contributed by atoms with E-state index in [1.165, 1.54) is 0 Å². The van der Waals surface area contributed by atoms with Crippen molar-refractivity contribution in [2.24, 2.45) is 0 Å². The first kappa shape index (κ1) is 6.71. The van der Waals surface area contributed by atoms with Gasteiger partial charge in [-0.15, -0.1) is 0 Å². The van der Waals surface area contributed by atoms with Crippen LogP contribution in [0.15, 0.2) is 24.5 Å². The molecule has 50 valence electrons. The highest BCUT2D eigenvalue weighted by atomic mass is 32.2. The van der Waals surface area contributed by atoms with E-state index in [0.29, 0.717) is 5.94 Å². The first-order chi connectivity index (χ1) is 4.43. The molecular weight excluding hydrogens is 134 g/mol. The van der Waals surface area contributed by atoms with Gasteiger partial charge in [-0.25, -0.2) is 0 Å². The van der Waals surface area contributed by atoms with Crippen LogP contribution in [-0.2, 0) is 4.74 Å². The lowest BCUT2D eigenvalue weighted by Crippen LogP contribution is -1.86. The molecule has 0 saturated carbocycles. The molecule has 9 heavy (non-hydrogen) atoms. The van der Waals surface area contributed by atoms with Crippen LogP contribution in [0.25, 0.3) is 0 Å². The summed E-state index contributed by atoms with van der Waals surface area (Å²) in [5.74, 6) is 0.703. The average Bonchev–Trinajstić information content (AvgIpc) is 2.34. The van der Waals surface area contributed by atoms with Crippen LogP contribution in [-0.4, -0.2) is 17.0 Å². The molecule has 0 N–H and O–H groups in total. The molecule has 1 rings (SSSR count). The normalized spacial score (nSPS) is 9.89. The maximum atomic E-state index is 4.86. The van der Waals surface area contributed by atoms with Crippen molar-refractivity contribution < 1.29 is 4.74 Å². The summed E-state index contributed by atoms with van der Waals surface area (Å²) in [7, 11) is 1.69. The third kappa shape index (κ3) is 2.11. The molecule has 0 unspecified atom stereocenters. The van der Waals surface area contributed by atoms with Crippen LogP contribution in [0, 0.1) is 0 Å². The van der Waals surface area contributed by atoms with Gasteiger partial charge in [-0.05, 0) is 24.1 Å². The summed E-state index contributed by atoms with van der Waals surface area (Å²) < 4.78 is 6.86. The van der Waals surface area contributed by atoms with Gasteiger partial charge in [-0.2, -0.15) is 0 Å². The van der Waals surface area contributed by atoms with Gasteiger partial charge in [0.15, 0.2) is 0 Å². The predicted molar refractivity (Wildman–Crippen MR) is 39.3 cm³/mol. The van der Waals surface area contributed by atoms with Crippen LogP contribution in [0.3, 0.4) is 0 Å². The van der Waals surface area contributed by atoms with Gasteiger partial charge in [0.2, 0.25) is 0 Å². The molecule has 3 heteroatoms. The van der Waals surface area contributed by atoms with Crippen molar-refractivity contribution in [1.82, 2.24) is 3.97 Å². The second-order valence-electron chi connectivity index (χ2n) is 1.58. The first-order valence-corrected chi connectivity index (χ1v) is 3.63. The lowest BCUT2D eigenvalue weighted by molar-refractivity contribution is 0.258. The van der Waals surface area contributed by atoms with E-state index in [0.717, 1.165) is 0 Å². The van der Waals surface area contributed by atoms with E-state index in [-0.39, 0.29) is 0 Å². The lowest BCUT2D eigenvalue weighted by Gasteiger charge is -1.97. The molecule has 0 saturated heterocycles. The number of methoxy groups -OCH3 is 1. The molecule has 2 nitrogen and oxygen atoms in total. The number of rotatable bonds is 3. The number of aromatic nitrogens is 1. The van der Waals surface area contributed by atoms with Gasteiger partial charge in [0.25, 0.3) is 0 Å². The van der Waals surface area contributed by atoms with Crippen LogP contribution in [0.1, 0.15) is 0 Å². The van der Waals surface area contributed by atoms with Crippen molar-refractivity contribution in [3.63, 3.8) is 0 Å². The average molecular weight is 143 g/mol. The van der Waals surface area contributed by atoms with Crippen LogP contribution >= 0.6 is 11.9 Å². The summed E-state index contributed by atoms with van der Waals surface area (Å²) in [5, 5.41) is 0. The fourth-order valence-electron chi connectivity index (χ4n) is 0.518. The SMILES string of the molecule is COCSn1cccc1. The van der Waals surface area contributed by atoms with Crippen molar-refractivity contribution in [3.05, 3.63) is 24.5 Å². The first-order valence-electron chi connectivity index (χ1n) is 2.68. The third-order valence-corrected chi connectivity index (χ3v) is 1.78. The monoisotopic (exact) mass is 143 g/mol. The summed E-state index contributed by atoms with van der Waals surface area (Å²) in [5.41, 5.74) is 0. The van der Waals surface area contributed by atoms with E-state index in [9.17, 15) is 0 Å². The lowest BCUT2D eigenvalue weighted by atomic mass is 10.7. The Hall–Kier alpha value is -0.410. The van der Waals surface area contributed by atoms with E-state index in [4.69, 9.17) is 4.74 Å². The molecule has 1 heterocycles. The van der Waals surface area contributed by atoms with Gasteiger partial charge in [0.1, 0.15) is 5.94 Å². The Kier molecular flexibility index (Phi) is 2.67. The Balaban J connectivity index is 2.30. The van der Waals surface area contributed by atoms with Crippen LogP contribution in [0.2, 0.25) is 0 Å². The second kappa shape index (κ2) is 3.58. The molecule has 0 aliphatic carbocycles. The van der Waals surface area contributed by atoms with E-state index in [1.807, 2.05) is 28.5 Å². The van der Waals surface area contributed by atoms with Crippen molar-refractivity contribution in [3.8, 4) is 0 Å². The van der Waals surface area contributed by atoms with Crippen molar-refractivity contribution in [1.29, 1.82) is 0 Å². The quantitative estimate of drug-likeness (QED) is 0.596. The molecule has 0 spiro atoms. The Morgan fingerprint density at radius 1 is 1.44 bits per heavy atom. The van der Waals surface area contributed by atoms with Crippen molar-refractivity contribution in [2.45, 2.75) is 0 Å². The largest absolute Gasteiger partial charge is 0.372 e. The molecule has 0 atom stereocenters.